The molecule has 0 saturated carbocycles. The van der Waals surface area contributed by atoms with Crippen LogP contribution < -0.4 is 0 Å². The van der Waals surface area contributed by atoms with Gasteiger partial charge in [0.05, 0.1) is 6.41 Å². The normalized spacial score (nSPS) is 14.3. The van der Waals surface area contributed by atoms with Crippen LogP contribution in [0.1, 0.15) is 32.1 Å². The molecule has 133 valence electrons. The van der Waals surface area contributed by atoms with Crippen molar-refractivity contribution in [3.05, 3.63) is 12.0 Å². The molecule has 0 aliphatic carbocycles. The van der Waals surface area contributed by atoms with Gasteiger partial charge in [0.25, 0.3) is 11.8 Å². The predicted molar refractivity (Wildman–Crippen MR) is 68.3 cm³/mol. The Morgan fingerprint density at radius 1 is 1.26 bits per heavy atom. The largest absolute Gasteiger partial charge is 0.481 e. The van der Waals surface area contributed by atoms with E-state index in [0.29, 0.717) is 17.7 Å². The number of hydrogen-bond acceptors (Lipinski definition) is 6. The van der Waals surface area contributed by atoms with Gasteiger partial charge in [-0.25, -0.2) is 9.18 Å². The molecule has 1 aliphatic heterocycles. The maximum atomic E-state index is 12.6. The topological polar surface area (TPSA) is 101 Å². The second-order valence-corrected chi connectivity index (χ2v) is 4.37. The van der Waals surface area contributed by atoms with Crippen LogP contribution >= 0.6 is 0 Å². The number of unbranched alkanes of at least 4 members (excludes halogenated alkanes) is 1. The van der Waals surface area contributed by atoms with Gasteiger partial charge in [-0.15, -0.1) is 11.3 Å². The van der Waals surface area contributed by atoms with Crippen molar-refractivity contribution >= 4 is 30.5 Å². The zero-order valence-corrected chi connectivity index (χ0v) is 13.6. The molecule has 10 heteroatoms. The summed E-state index contributed by atoms with van der Waals surface area (Å²) in [7, 11) is 0. The molecule has 0 aromatic carbocycles. The van der Waals surface area contributed by atoms with E-state index in [0.717, 1.165) is 11.2 Å². The van der Waals surface area contributed by atoms with Crippen LogP contribution in [0, 0.1) is 36.9 Å². The second kappa shape index (κ2) is 11.2. The molecule has 0 atom stereocenters. The Morgan fingerprint density at radius 3 is 2.39 bits per heavy atom. The number of hydrogen-bond donors (Lipinski definition) is 0. The average Bonchev–Trinajstić information content (AvgIpc) is 2.81. The summed E-state index contributed by atoms with van der Waals surface area (Å²) >= 11 is 0. The van der Waals surface area contributed by atoms with Crippen molar-refractivity contribution in [1.29, 1.82) is 0 Å². The van der Waals surface area contributed by atoms with E-state index in [2.05, 4.69) is 4.84 Å². The summed E-state index contributed by atoms with van der Waals surface area (Å²) in [5.41, 5.74) is 0. The molecule has 1 saturated heterocycles. The van der Waals surface area contributed by atoms with Gasteiger partial charge in [-0.2, -0.15) is 0 Å². The Hall–Kier alpha value is -1.35. The molecule has 3 amide bonds. The summed E-state index contributed by atoms with van der Waals surface area (Å²) in [5.74, 6) is -3.13. The van der Waals surface area contributed by atoms with Gasteiger partial charge in [0.15, 0.2) is 0 Å². The molecular weight excluding hydrogens is 468 g/mol. The van der Waals surface area contributed by atoms with Crippen molar-refractivity contribution in [2.75, 3.05) is 6.54 Å². The van der Waals surface area contributed by atoms with Crippen LogP contribution in [0.4, 0.5) is 4.39 Å². The molecule has 23 heavy (non-hydrogen) atoms. The first-order chi connectivity index (χ1) is 10.5. The minimum Gasteiger partial charge on any atom is -0.481 e. The van der Waals surface area contributed by atoms with E-state index in [9.17, 15) is 28.4 Å². The zero-order valence-electron chi connectivity index (χ0n) is 11.8. The van der Waals surface area contributed by atoms with Crippen molar-refractivity contribution < 1.29 is 70.1 Å². The molecular formula is C13H13FN2O6Tm-2. The van der Waals surface area contributed by atoms with E-state index >= 15 is 0 Å². The molecule has 1 aliphatic rings. The third kappa shape index (κ3) is 7.65. The van der Waals surface area contributed by atoms with Crippen LogP contribution in [0.25, 0.3) is 0 Å². The maximum Gasteiger partial charge on any atom is 0.333 e. The number of allylic oxidation sites excluding steroid dienone is 1. The fraction of sp³-hybridized carbons (Fsp3) is 0.462. The molecule has 1 fully saturated rings. The number of amides is 3. The zero-order chi connectivity index (χ0) is 16.5. The monoisotopic (exact) mass is 481 g/mol. The van der Waals surface area contributed by atoms with Crippen LogP contribution in [-0.2, 0) is 28.8 Å². The number of hydroxylamine groups is 2. The molecule has 0 aromatic heterocycles. The fourth-order valence-electron chi connectivity index (χ4n) is 1.66. The van der Waals surface area contributed by atoms with Crippen molar-refractivity contribution in [3.8, 4) is 0 Å². The van der Waals surface area contributed by atoms with Gasteiger partial charge in [0, 0.05) is 68.3 Å². The smallest absolute Gasteiger partial charge is 0.333 e. The summed E-state index contributed by atoms with van der Waals surface area (Å²) in [4.78, 5) is 59.7. The minimum atomic E-state index is -1.24. The Morgan fingerprint density at radius 2 is 1.87 bits per heavy atom. The molecule has 0 unspecified atom stereocenters. The first kappa shape index (κ1) is 21.7. The van der Waals surface area contributed by atoms with Crippen LogP contribution in [-0.4, -0.2) is 47.0 Å². The van der Waals surface area contributed by atoms with Gasteiger partial charge in [0.1, 0.15) is 0 Å². The van der Waals surface area contributed by atoms with Crippen LogP contribution in [0.3, 0.4) is 0 Å². The van der Waals surface area contributed by atoms with Crippen molar-refractivity contribution in [2.45, 2.75) is 32.1 Å². The summed E-state index contributed by atoms with van der Waals surface area (Å²) in [6, 6.07) is 0. The number of nitrogens with zero attached hydrogens (tertiary/aromatic N) is 2. The SMILES string of the molecule is O=[C-]/C(F)=C\N([C-]=O)CCCCC(=O)ON1C(=O)CCC1=O.[Tm]. The van der Waals surface area contributed by atoms with Gasteiger partial charge >= 0.3 is 5.97 Å². The van der Waals surface area contributed by atoms with E-state index in [1.165, 1.54) is 6.41 Å². The molecule has 8 nitrogen and oxygen atoms in total. The van der Waals surface area contributed by atoms with Crippen molar-refractivity contribution in [1.82, 2.24) is 9.96 Å². The first-order valence-electron chi connectivity index (χ1n) is 6.44. The number of carbonyl (C=O) groups is 3. The van der Waals surface area contributed by atoms with Crippen molar-refractivity contribution in [3.63, 3.8) is 0 Å². The minimum absolute atomic E-state index is 0. The number of imide groups is 1. The van der Waals surface area contributed by atoms with E-state index in [-0.39, 0.29) is 69.1 Å². The second-order valence-electron chi connectivity index (χ2n) is 4.37. The van der Waals surface area contributed by atoms with Crippen molar-refractivity contribution in [2.24, 2.45) is 0 Å². The maximum absolute atomic E-state index is 12.6. The fourth-order valence-corrected chi connectivity index (χ4v) is 1.66. The van der Waals surface area contributed by atoms with Gasteiger partial charge in [-0.3, -0.25) is 9.59 Å². The number of halogens is 1. The molecule has 0 bridgehead atoms. The van der Waals surface area contributed by atoms with Gasteiger partial charge in [-0.05, 0) is 19.4 Å². The Balaban J connectivity index is 0.00000484. The first-order valence-corrected chi connectivity index (χ1v) is 6.44. The summed E-state index contributed by atoms with van der Waals surface area (Å²) in [6.07, 6.45) is 3.52. The Bertz CT molecular complexity index is 495. The molecule has 0 spiro atoms. The number of rotatable bonds is 9. The van der Waals surface area contributed by atoms with Crippen LogP contribution in [0.15, 0.2) is 12.0 Å². The van der Waals surface area contributed by atoms with Crippen LogP contribution in [0.2, 0.25) is 0 Å². The third-order valence-electron chi connectivity index (χ3n) is 2.71. The summed E-state index contributed by atoms with van der Waals surface area (Å²) in [6.45, 7) is 0.0352. The standard InChI is InChI=1S/C13H13FN2O6.Tm/c14-10(8-17)7-15(9-18)6-2-1-3-13(21)22-16-11(19)4-5-12(16)20;/h7H,1-6H2;/q-2;/b10-7+;. The average molecular weight is 481 g/mol. The van der Waals surface area contributed by atoms with E-state index in [1.807, 2.05) is 0 Å². The Labute approximate surface area is 160 Å². The predicted octanol–water partition coefficient (Wildman–Crippen LogP) is 0.0537. The Kier molecular flexibility index (Phi) is 10.6. The molecule has 0 aromatic rings. The van der Waals surface area contributed by atoms with Gasteiger partial charge in [-0.1, -0.05) is 0 Å². The van der Waals surface area contributed by atoms with E-state index < -0.39 is 23.6 Å². The molecule has 1 heterocycles. The molecule has 1 radical (unpaired) electrons. The van der Waals surface area contributed by atoms with Gasteiger partial charge < -0.3 is 19.3 Å². The van der Waals surface area contributed by atoms with Gasteiger partial charge in [0.2, 0.25) is 0 Å². The molecule has 1 rings (SSSR count). The number of carbonyl (C=O) groups excluding carboxylic acids is 5. The quantitative estimate of drug-likeness (QED) is 0.152. The van der Waals surface area contributed by atoms with E-state index in [1.54, 1.807) is 0 Å². The summed E-state index contributed by atoms with van der Waals surface area (Å²) < 4.78 is 12.6. The molecule has 0 N–H and O–H groups in total. The third-order valence-corrected chi connectivity index (χ3v) is 2.71. The van der Waals surface area contributed by atoms with Crippen LogP contribution in [0.5, 0.6) is 0 Å². The summed E-state index contributed by atoms with van der Waals surface area (Å²) in [5, 5.41) is 0.450. The van der Waals surface area contributed by atoms with E-state index in [4.69, 9.17) is 0 Å².